The Labute approximate surface area is 172 Å². The number of carbonyl (C=O) groups excluding carboxylic acids is 2. The zero-order valence-electron chi connectivity index (χ0n) is 15.2. The molecule has 2 amide bonds. The average molecular weight is 407 g/mol. The minimum Gasteiger partial charge on any atom is -0.350 e. The Morgan fingerprint density at radius 2 is 1.48 bits per heavy atom. The van der Waals surface area contributed by atoms with E-state index in [2.05, 4.69) is 5.32 Å². The quantitative estimate of drug-likeness (QED) is 0.615. The van der Waals surface area contributed by atoms with E-state index in [4.69, 9.17) is 11.6 Å². The van der Waals surface area contributed by atoms with E-state index >= 15 is 0 Å². The molecule has 4 rings (SSSR count). The second-order valence-corrected chi connectivity index (χ2v) is 6.94. The summed E-state index contributed by atoms with van der Waals surface area (Å²) < 4.78 is 13.4. The maximum absolute atomic E-state index is 13.4. The van der Waals surface area contributed by atoms with E-state index in [9.17, 15) is 14.0 Å². The predicted molar refractivity (Wildman–Crippen MR) is 110 cm³/mol. The molecule has 0 aliphatic carbocycles. The lowest BCUT2D eigenvalue weighted by molar-refractivity contribution is -0.137. The zero-order chi connectivity index (χ0) is 20.4. The molecule has 0 unspecified atom stereocenters. The third-order valence-corrected chi connectivity index (χ3v) is 5.00. The van der Waals surface area contributed by atoms with E-state index in [0.29, 0.717) is 21.8 Å². The molecule has 4 nitrogen and oxygen atoms in total. The van der Waals surface area contributed by atoms with Crippen LogP contribution >= 0.6 is 11.6 Å². The summed E-state index contributed by atoms with van der Waals surface area (Å²) in [4.78, 5) is 27.5. The van der Waals surface area contributed by atoms with Gasteiger partial charge in [-0.2, -0.15) is 0 Å². The molecule has 3 aromatic rings. The van der Waals surface area contributed by atoms with Gasteiger partial charge < -0.3 is 5.32 Å². The highest BCUT2D eigenvalue weighted by molar-refractivity contribution is 6.36. The van der Waals surface area contributed by atoms with Crippen LogP contribution in [-0.2, 0) is 16.1 Å². The van der Waals surface area contributed by atoms with Crippen molar-refractivity contribution in [2.24, 2.45) is 0 Å². The lowest BCUT2D eigenvalue weighted by atomic mass is 10.0. The lowest BCUT2D eigenvalue weighted by Crippen LogP contribution is -2.32. The number of para-hydroxylation sites is 1. The van der Waals surface area contributed by atoms with E-state index in [-0.39, 0.29) is 17.8 Å². The summed E-state index contributed by atoms with van der Waals surface area (Å²) in [6, 6.07) is 21.6. The predicted octanol–water partition coefficient (Wildman–Crippen LogP) is 4.87. The summed E-state index contributed by atoms with van der Waals surface area (Å²) in [5.74, 6) is -1.34. The number of hydrogen-bond acceptors (Lipinski definition) is 3. The monoisotopic (exact) mass is 406 g/mol. The summed E-state index contributed by atoms with van der Waals surface area (Å²) in [7, 11) is 0. The molecule has 0 atom stereocenters. The molecule has 0 spiro atoms. The molecule has 3 aromatic carbocycles. The van der Waals surface area contributed by atoms with Gasteiger partial charge in [0.2, 0.25) is 0 Å². The van der Waals surface area contributed by atoms with Crippen molar-refractivity contribution in [1.82, 2.24) is 4.90 Å². The number of amides is 2. The summed E-state index contributed by atoms with van der Waals surface area (Å²) >= 11 is 6.21. The van der Waals surface area contributed by atoms with Gasteiger partial charge in [0.25, 0.3) is 11.8 Å². The molecule has 1 aliphatic rings. The van der Waals surface area contributed by atoms with Gasteiger partial charge in [-0.05, 0) is 41.5 Å². The second-order valence-electron chi connectivity index (χ2n) is 6.54. The minimum atomic E-state index is -0.460. The van der Waals surface area contributed by atoms with Crippen LogP contribution in [0.2, 0.25) is 5.02 Å². The van der Waals surface area contributed by atoms with Gasteiger partial charge in [0.05, 0.1) is 12.1 Å². The van der Waals surface area contributed by atoms with Crippen LogP contribution in [0, 0.1) is 5.82 Å². The van der Waals surface area contributed by atoms with Gasteiger partial charge in [0.1, 0.15) is 11.5 Å². The van der Waals surface area contributed by atoms with E-state index in [1.807, 2.05) is 18.2 Å². The molecular weight excluding hydrogens is 391 g/mol. The maximum Gasteiger partial charge on any atom is 0.278 e. The molecule has 0 fully saturated rings. The summed E-state index contributed by atoms with van der Waals surface area (Å²) in [5.41, 5.74) is 2.15. The largest absolute Gasteiger partial charge is 0.350 e. The van der Waals surface area contributed by atoms with Crippen LogP contribution in [0.4, 0.5) is 10.1 Å². The first-order valence-electron chi connectivity index (χ1n) is 8.96. The fourth-order valence-electron chi connectivity index (χ4n) is 3.18. The minimum absolute atomic E-state index is 0.0437. The number of rotatable bonds is 5. The van der Waals surface area contributed by atoms with Crippen LogP contribution in [0.15, 0.2) is 84.6 Å². The Kier molecular flexibility index (Phi) is 5.14. The average Bonchev–Trinajstić information content (AvgIpc) is 2.95. The molecule has 0 bridgehead atoms. The van der Waals surface area contributed by atoms with Gasteiger partial charge in [0.15, 0.2) is 0 Å². The van der Waals surface area contributed by atoms with Gasteiger partial charge in [0, 0.05) is 10.7 Å². The number of benzene rings is 3. The lowest BCUT2D eigenvalue weighted by Gasteiger charge is -2.16. The van der Waals surface area contributed by atoms with Crippen LogP contribution in [0.25, 0.3) is 5.57 Å². The van der Waals surface area contributed by atoms with Gasteiger partial charge in [-0.1, -0.05) is 60.1 Å². The van der Waals surface area contributed by atoms with E-state index in [0.717, 1.165) is 4.90 Å². The molecule has 1 aliphatic heterocycles. The Morgan fingerprint density at radius 3 is 2.17 bits per heavy atom. The summed E-state index contributed by atoms with van der Waals surface area (Å²) in [6.45, 7) is 0.0437. The first-order chi connectivity index (χ1) is 14.0. The third kappa shape index (κ3) is 3.77. The second kappa shape index (κ2) is 7.89. The number of imide groups is 1. The van der Waals surface area contributed by atoms with Crippen LogP contribution in [0.1, 0.15) is 11.1 Å². The fraction of sp³-hybridized carbons (Fsp3) is 0.0435. The highest BCUT2D eigenvalue weighted by Gasteiger charge is 2.39. The van der Waals surface area contributed by atoms with E-state index in [1.54, 1.807) is 36.4 Å². The van der Waals surface area contributed by atoms with Gasteiger partial charge in [-0.25, -0.2) is 4.39 Å². The molecule has 1 N–H and O–H groups in total. The molecular formula is C23H16ClFN2O2. The Bertz CT molecular complexity index is 1110. The smallest absolute Gasteiger partial charge is 0.278 e. The molecule has 29 heavy (non-hydrogen) atoms. The van der Waals surface area contributed by atoms with E-state index in [1.165, 1.54) is 24.3 Å². The molecule has 1 heterocycles. The van der Waals surface area contributed by atoms with Crippen LogP contribution in [-0.4, -0.2) is 16.7 Å². The molecule has 6 heteroatoms. The molecule has 0 aromatic heterocycles. The number of nitrogens with one attached hydrogen (secondary N) is 1. The normalized spacial score (nSPS) is 13.9. The Balaban J connectivity index is 1.75. The van der Waals surface area contributed by atoms with Crippen molar-refractivity contribution in [1.29, 1.82) is 0 Å². The molecule has 0 radical (unpaired) electrons. The standard InChI is InChI=1S/C23H16ClFN2O2/c24-19-9-5-4-6-16(19)14-27-22(28)20(15-10-12-17(25)13-11-15)21(23(27)29)26-18-7-2-1-3-8-18/h1-13,26H,14H2. The topological polar surface area (TPSA) is 49.4 Å². The first-order valence-corrected chi connectivity index (χ1v) is 9.34. The van der Waals surface area contributed by atoms with E-state index < -0.39 is 17.6 Å². The zero-order valence-corrected chi connectivity index (χ0v) is 16.0. The maximum atomic E-state index is 13.4. The SMILES string of the molecule is O=C1C(Nc2ccccc2)=C(c2ccc(F)cc2)C(=O)N1Cc1ccccc1Cl. The Morgan fingerprint density at radius 1 is 0.828 bits per heavy atom. The van der Waals surface area contributed by atoms with Crippen molar-refractivity contribution in [3.63, 3.8) is 0 Å². The van der Waals surface area contributed by atoms with Gasteiger partial charge in [-0.15, -0.1) is 0 Å². The molecule has 144 valence electrons. The summed E-state index contributed by atoms with van der Waals surface area (Å²) in [5, 5.41) is 3.53. The van der Waals surface area contributed by atoms with Crippen molar-refractivity contribution in [3.05, 3.63) is 107 Å². The molecule has 0 saturated carbocycles. The Hall–Kier alpha value is -3.44. The third-order valence-electron chi connectivity index (χ3n) is 4.63. The number of hydrogen-bond donors (Lipinski definition) is 1. The van der Waals surface area contributed by atoms with Crippen molar-refractivity contribution in [2.45, 2.75) is 6.54 Å². The van der Waals surface area contributed by atoms with Gasteiger partial charge in [-0.3, -0.25) is 14.5 Å². The first kappa shape index (κ1) is 18.9. The van der Waals surface area contributed by atoms with Crippen molar-refractivity contribution >= 4 is 34.7 Å². The van der Waals surface area contributed by atoms with Crippen LogP contribution in [0.5, 0.6) is 0 Å². The number of nitrogens with zero attached hydrogens (tertiary/aromatic N) is 1. The molecule has 0 saturated heterocycles. The highest BCUT2D eigenvalue weighted by atomic mass is 35.5. The van der Waals surface area contributed by atoms with Crippen LogP contribution < -0.4 is 5.32 Å². The number of carbonyl (C=O) groups is 2. The summed E-state index contributed by atoms with van der Waals surface area (Å²) in [6.07, 6.45) is 0. The number of anilines is 1. The highest BCUT2D eigenvalue weighted by Crippen LogP contribution is 2.32. The van der Waals surface area contributed by atoms with Crippen molar-refractivity contribution in [2.75, 3.05) is 5.32 Å². The fourth-order valence-corrected chi connectivity index (χ4v) is 3.38. The van der Waals surface area contributed by atoms with Crippen molar-refractivity contribution < 1.29 is 14.0 Å². The number of halogens is 2. The van der Waals surface area contributed by atoms with Gasteiger partial charge >= 0.3 is 0 Å². The van der Waals surface area contributed by atoms with Crippen LogP contribution in [0.3, 0.4) is 0 Å². The van der Waals surface area contributed by atoms with Crippen molar-refractivity contribution in [3.8, 4) is 0 Å².